The quantitative estimate of drug-likeness (QED) is 0.745. The van der Waals surface area contributed by atoms with Gasteiger partial charge in [-0.15, -0.1) is 11.3 Å². The summed E-state index contributed by atoms with van der Waals surface area (Å²) >= 11 is 9.45. The molecule has 0 amide bonds. The molecule has 9 heteroatoms. The number of nitrogens with two attached hydrogens (primary N) is 1. The number of thiophene rings is 1. The van der Waals surface area contributed by atoms with Crippen molar-refractivity contribution in [2.45, 2.75) is 11.4 Å². The Bertz CT molecular complexity index is 790. The first-order valence-electron chi connectivity index (χ1n) is 5.63. The van der Waals surface area contributed by atoms with Crippen LogP contribution in [0.1, 0.15) is 10.4 Å². The fourth-order valence-electron chi connectivity index (χ4n) is 1.66. The van der Waals surface area contributed by atoms with E-state index in [2.05, 4.69) is 20.7 Å². The number of hydrogen-bond acceptors (Lipinski definition) is 4. The van der Waals surface area contributed by atoms with Crippen LogP contribution in [0.2, 0.25) is 0 Å². The van der Waals surface area contributed by atoms with Crippen LogP contribution in [0, 0.1) is 5.82 Å². The zero-order valence-corrected chi connectivity index (χ0v) is 14.5. The van der Waals surface area contributed by atoms with Crippen molar-refractivity contribution >= 4 is 54.5 Å². The Balaban J connectivity index is 2.34. The zero-order chi connectivity index (χ0) is 15.6. The molecule has 0 aliphatic carbocycles. The Hall–Kier alpha value is -0.870. The minimum atomic E-state index is -3.92. The first-order chi connectivity index (χ1) is 9.83. The van der Waals surface area contributed by atoms with Crippen LogP contribution in [0.25, 0.3) is 0 Å². The summed E-state index contributed by atoms with van der Waals surface area (Å²) in [5, 5.41) is 1.83. The van der Waals surface area contributed by atoms with Crippen molar-refractivity contribution in [1.29, 1.82) is 0 Å². The molecule has 0 saturated heterocycles. The molecular formula is C12H10BrFN2O2S3. The smallest absolute Gasteiger partial charge is 0.241 e. The lowest BCUT2D eigenvalue weighted by Gasteiger charge is -2.11. The van der Waals surface area contributed by atoms with E-state index in [9.17, 15) is 12.8 Å². The van der Waals surface area contributed by atoms with E-state index in [0.717, 1.165) is 15.4 Å². The second-order valence-corrected chi connectivity index (χ2v) is 8.02. The molecular weight excluding hydrogens is 399 g/mol. The van der Waals surface area contributed by atoms with Crippen LogP contribution in [-0.4, -0.2) is 13.4 Å². The van der Waals surface area contributed by atoms with Crippen molar-refractivity contribution in [3.05, 3.63) is 50.4 Å². The monoisotopic (exact) mass is 408 g/mol. The van der Waals surface area contributed by atoms with Crippen molar-refractivity contribution < 1.29 is 12.8 Å². The molecule has 0 unspecified atom stereocenters. The van der Waals surface area contributed by atoms with Gasteiger partial charge in [-0.1, -0.05) is 18.3 Å². The number of thiocarbonyl (C=S) groups is 1. The number of halogens is 2. The van der Waals surface area contributed by atoms with E-state index in [1.807, 2.05) is 11.4 Å². The van der Waals surface area contributed by atoms with E-state index in [-0.39, 0.29) is 22.0 Å². The molecule has 112 valence electrons. The Kier molecular flexibility index (Phi) is 5.10. The van der Waals surface area contributed by atoms with Gasteiger partial charge < -0.3 is 5.73 Å². The summed E-state index contributed by atoms with van der Waals surface area (Å²) in [6.45, 7) is 0.0911. The van der Waals surface area contributed by atoms with E-state index >= 15 is 0 Å². The fraction of sp³-hybridized carbons (Fsp3) is 0.0833. The first kappa shape index (κ1) is 16.5. The standard InChI is InChI=1S/C12H10BrFN2O2S3/c13-7-4-5-20-9(7)6-16-21(17,18)10-3-1-2-8(14)11(10)12(15)19/h1-5,16H,6H2,(H2,15,19). The molecule has 3 N–H and O–H groups in total. The number of nitrogens with one attached hydrogen (secondary N) is 1. The van der Waals surface area contributed by atoms with Gasteiger partial charge in [0.25, 0.3) is 0 Å². The van der Waals surface area contributed by atoms with E-state index in [0.29, 0.717) is 0 Å². The first-order valence-corrected chi connectivity index (χ1v) is 9.19. The Morgan fingerprint density at radius 1 is 1.43 bits per heavy atom. The lowest BCUT2D eigenvalue weighted by molar-refractivity contribution is 0.577. The molecule has 0 saturated carbocycles. The Morgan fingerprint density at radius 3 is 2.71 bits per heavy atom. The van der Waals surface area contributed by atoms with Gasteiger partial charge in [0.05, 0.1) is 10.5 Å². The highest BCUT2D eigenvalue weighted by atomic mass is 79.9. The van der Waals surface area contributed by atoms with Crippen LogP contribution in [0.5, 0.6) is 0 Å². The molecule has 1 aromatic heterocycles. The van der Waals surface area contributed by atoms with Gasteiger partial charge in [-0.05, 0) is 39.5 Å². The minimum absolute atomic E-state index is 0.0911. The Morgan fingerprint density at radius 2 is 2.14 bits per heavy atom. The number of benzene rings is 1. The third-order valence-electron chi connectivity index (χ3n) is 2.63. The maximum Gasteiger partial charge on any atom is 0.241 e. The third-order valence-corrected chi connectivity index (χ3v) is 6.20. The SMILES string of the molecule is NC(=S)c1c(F)cccc1S(=O)(=O)NCc1sccc1Br. The van der Waals surface area contributed by atoms with Crippen molar-refractivity contribution in [3.8, 4) is 0 Å². The van der Waals surface area contributed by atoms with Gasteiger partial charge >= 0.3 is 0 Å². The predicted molar refractivity (Wildman–Crippen MR) is 88.3 cm³/mol. The maximum absolute atomic E-state index is 13.7. The van der Waals surface area contributed by atoms with Gasteiger partial charge in [-0.2, -0.15) is 0 Å². The van der Waals surface area contributed by atoms with Crippen LogP contribution in [0.3, 0.4) is 0 Å². The summed E-state index contributed by atoms with van der Waals surface area (Å²) in [6, 6.07) is 5.50. The molecule has 0 spiro atoms. The van der Waals surface area contributed by atoms with Gasteiger partial charge in [-0.25, -0.2) is 17.5 Å². The summed E-state index contributed by atoms with van der Waals surface area (Å²) in [5.41, 5.74) is 5.15. The minimum Gasteiger partial charge on any atom is -0.389 e. The molecule has 0 atom stereocenters. The molecule has 0 aliphatic heterocycles. The van der Waals surface area contributed by atoms with Gasteiger partial charge in [0.1, 0.15) is 10.8 Å². The highest BCUT2D eigenvalue weighted by Gasteiger charge is 2.22. The molecule has 4 nitrogen and oxygen atoms in total. The molecule has 1 heterocycles. The number of rotatable bonds is 5. The number of sulfonamides is 1. The van der Waals surface area contributed by atoms with Crippen LogP contribution in [0.4, 0.5) is 4.39 Å². The summed E-state index contributed by atoms with van der Waals surface area (Å²) in [5.74, 6) is -0.761. The molecule has 21 heavy (non-hydrogen) atoms. The number of hydrogen-bond donors (Lipinski definition) is 2. The van der Waals surface area contributed by atoms with Crippen molar-refractivity contribution in [3.63, 3.8) is 0 Å². The maximum atomic E-state index is 13.7. The van der Waals surface area contributed by atoms with Gasteiger partial charge in [0.15, 0.2) is 0 Å². The molecule has 0 bridgehead atoms. The topological polar surface area (TPSA) is 72.2 Å². The average Bonchev–Trinajstić information content (AvgIpc) is 2.81. The fourth-order valence-corrected chi connectivity index (χ4v) is 4.68. The van der Waals surface area contributed by atoms with E-state index in [1.165, 1.54) is 23.5 Å². The van der Waals surface area contributed by atoms with Crippen molar-refractivity contribution in [1.82, 2.24) is 4.72 Å². The summed E-state index contributed by atoms with van der Waals surface area (Å²) in [4.78, 5) is 0.250. The van der Waals surface area contributed by atoms with E-state index in [1.54, 1.807) is 0 Å². The second-order valence-electron chi connectivity index (χ2n) is 3.99. The van der Waals surface area contributed by atoms with Gasteiger partial charge in [0, 0.05) is 15.9 Å². The second kappa shape index (κ2) is 6.49. The van der Waals surface area contributed by atoms with Gasteiger partial charge in [0.2, 0.25) is 10.0 Å². The van der Waals surface area contributed by atoms with Crippen LogP contribution in [-0.2, 0) is 16.6 Å². The summed E-state index contributed by atoms with van der Waals surface area (Å²) in [6.07, 6.45) is 0. The van der Waals surface area contributed by atoms with E-state index < -0.39 is 15.8 Å². The molecule has 0 fully saturated rings. The summed E-state index contributed by atoms with van der Waals surface area (Å²) < 4.78 is 41.6. The van der Waals surface area contributed by atoms with Crippen LogP contribution in [0.15, 0.2) is 39.0 Å². The lowest BCUT2D eigenvalue weighted by atomic mass is 10.2. The molecule has 2 rings (SSSR count). The largest absolute Gasteiger partial charge is 0.389 e. The predicted octanol–water partition coefficient (Wildman–Crippen LogP) is 2.76. The average molecular weight is 409 g/mol. The highest BCUT2D eigenvalue weighted by Crippen LogP contribution is 2.24. The van der Waals surface area contributed by atoms with Crippen molar-refractivity contribution in [2.24, 2.45) is 5.73 Å². The normalized spacial score (nSPS) is 11.5. The summed E-state index contributed by atoms with van der Waals surface area (Å²) in [7, 11) is -3.92. The molecule has 0 radical (unpaired) electrons. The van der Waals surface area contributed by atoms with Crippen molar-refractivity contribution in [2.75, 3.05) is 0 Å². The third kappa shape index (κ3) is 3.67. The van der Waals surface area contributed by atoms with Gasteiger partial charge in [-0.3, -0.25) is 0 Å². The van der Waals surface area contributed by atoms with E-state index in [4.69, 9.17) is 18.0 Å². The highest BCUT2D eigenvalue weighted by molar-refractivity contribution is 9.10. The lowest BCUT2D eigenvalue weighted by Crippen LogP contribution is -2.26. The molecule has 1 aromatic carbocycles. The molecule has 0 aliphatic rings. The zero-order valence-electron chi connectivity index (χ0n) is 10.5. The Labute approximate surface area is 139 Å². The van der Waals surface area contributed by atoms with Crippen LogP contribution >= 0.6 is 39.5 Å². The molecule has 2 aromatic rings. The van der Waals surface area contributed by atoms with Crippen LogP contribution < -0.4 is 10.5 Å².